The highest BCUT2D eigenvalue weighted by Crippen LogP contribution is 2.17. The average molecular weight is 308 g/mol. The predicted octanol–water partition coefficient (Wildman–Crippen LogP) is 3.08. The summed E-state index contributed by atoms with van der Waals surface area (Å²) < 4.78 is 2.96. The van der Waals surface area contributed by atoms with Gasteiger partial charge in [0.15, 0.2) is 0 Å². The lowest BCUT2D eigenvalue weighted by Gasteiger charge is -2.14. The molecule has 1 aromatic carbocycles. The van der Waals surface area contributed by atoms with Crippen molar-refractivity contribution in [2.24, 2.45) is 7.05 Å². The van der Waals surface area contributed by atoms with Crippen molar-refractivity contribution < 1.29 is 0 Å². The molecule has 0 bridgehead atoms. The number of aromatic nitrogens is 2. The average Bonchev–Trinajstić information content (AvgIpc) is 2.75. The maximum atomic E-state index is 4.36. The first-order valence-corrected chi connectivity index (χ1v) is 6.92. The lowest BCUT2D eigenvalue weighted by Crippen LogP contribution is -2.21. The van der Waals surface area contributed by atoms with Gasteiger partial charge in [-0.3, -0.25) is 4.68 Å². The molecule has 0 saturated carbocycles. The number of aryl methyl sites for hydroxylation is 1. The molecule has 3 nitrogen and oxygen atoms in total. The molecule has 4 heteroatoms. The lowest BCUT2D eigenvalue weighted by atomic mass is 10.1. The van der Waals surface area contributed by atoms with Gasteiger partial charge >= 0.3 is 0 Å². The summed E-state index contributed by atoms with van der Waals surface area (Å²) in [5.74, 6) is 0. The molecule has 1 aromatic heterocycles. The van der Waals surface area contributed by atoms with Crippen LogP contribution in [0.3, 0.4) is 0 Å². The van der Waals surface area contributed by atoms with Crippen LogP contribution in [0.2, 0.25) is 0 Å². The molecule has 96 valence electrons. The lowest BCUT2D eigenvalue weighted by molar-refractivity contribution is 0.571. The minimum atomic E-state index is 0.353. The van der Waals surface area contributed by atoms with Gasteiger partial charge in [0.25, 0.3) is 0 Å². The fourth-order valence-corrected chi connectivity index (χ4v) is 2.32. The van der Waals surface area contributed by atoms with Crippen molar-refractivity contribution >= 4 is 15.9 Å². The first-order valence-electron chi connectivity index (χ1n) is 6.12. The third kappa shape index (κ3) is 3.68. The van der Waals surface area contributed by atoms with E-state index in [4.69, 9.17) is 0 Å². The number of benzene rings is 1. The van der Waals surface area contributed by atoms with Crippen LogP contribution in [0, 0.1) is 0 Å². The van der Waals surface area contributed by atoms with Crippen molar-refractivity contribution in [3.05, 3.63) is 52.3 Å². The fourth-order valence-electron chi connectivity index (χ4n) is 1.91. The Kier molecular flexibility index (Phi) is 4.55. The van der Waals surface area contributed by atoms with Gasteiger partial charge in [-0.2, -0.15) is 5.10 Å². The van der Waals surface area contributed by atoms with Gasteiger partial charge in [-0.05, 0) is 30.7 Å². The second-order valence-electron chi connectivity index (χ2n) is 4.46. The van der Waals surface area contributed by atoms with Crippen LogP contribution >= 0.6 is 15.9 Å². The van der Waals surface area contributed by atoms with Crippen molar-refractivity contribution in [1.29, 1.82) is 0 Å². The zero-order chi connectivity index (χ0) is 13.0. The van der Waals surface area contributed by atoms with E-state index in [0.29, 0.717) is 6.04 Å². The van der Waals surface area contributed by atoms with Crippen LogP contribution in [0.5, 0.6) is 0 Å². The fraction of sp³-hybridized carbons (Fsp3) is 0.357. The third-order valence-corrected chi connectivity index (χ3v) is 3.44. The van der Waals surface area contributed by atoms with Crippen LogP contribution in [0.25, 0.3) is 0 Å². The number of hydrogen-bond donors (Lipinski definition) is 1. The van der Waals surface area contributed by atoms with Crippen molar-refractivity contribution in [1.82, 2.24) is 15.1 Å². The van der Waals surface area contributed by atoms with E-state index in [1.165, 1.54) is 5.56 Å². The van der Waals surface area contributed by atoms with E-state index in [0.717, 1.165) is 23.1 Å². The van der Waals surface area contributed by atoms with Crippen LogP contribution in [0.1, 0.15) is 24.2 Å². The second-order valence-corrected chi connectivity index (χ2v) is 5.38. The molecule has 2 aromatic rings. The number of halogens is 1. The summed E-state index contributed by atoms with van der Waals surface area (Å²) in [4.78, 5) is 0. The Morgan fingerprint density at radius 1 is 1.39 bits per heavy atom. The van der Waals surface area contributed by atoms with E-state index in [2.05, 4.69) is 57.5 Å². The molecule has 0 saturated heterocycles. The van der Waals surface area contributed by atoms with E-state index in [1.807, 2.05) is 24.0 Å². The Balaban J connectivity index is 1.83. The van der Waals surface area contributed by atoms with Gasteiger partial charge in [0.1, 0.15) is 0 Å². The molecule has 18 heavy (non-hydrogen) atoms. The number of nitrogens with one attached hydrogen (secondary N) is 1. The van der Waals surface area contributed by atoms with Crippen LogP contribution in [-0.2, 0) is 13.5 Å². The summed E-state index contributed by atoms with van der Waals surface area (Å²) in [6.07, 6.45) is 2.94. The maximum absolute atomic E-state index is 4.36. The van der Waals surface area contributed by atoms with Crippen molar-refractivity contribution in [3.8, 4) is 0 Å². The third-order valence-electron chi connectivity index (χ3n) is 2.95. The van der Waals surface area contributed by atoms with Crippen LogP contribution in [-0.4, -0.2) is 16.3 Å². The first-order chi connectivity index (χ1) is 8.65. The maximum Gasteiger partial charge on any atom is 0.0637 e. The van der Waals surface area contributed by atoms with Gasteiger partial charge < -0.3 is 5.32 Å². The van der Waals surface area contributed by atoms with E-state index >= 15 is 0 Å². The molecule has 0 aliphatic heterocycles. The molecule has 1 atom stereocenters. The molecule has 0 aliphatic rings. The Morgan fingerprint density at radius 2 is 2.22 bits per heavy atom. The molecule has 0 amide bonds. The summed E-state index contributed by atoms with van der Waals surface area (Å²) in [5.41, 5.74) is 2.43. The van der Waals surface area contributed by atoms with E-state index in [-0.39, 0.29) is 0 Å². The number of hydrogen-bond acceptors (Lipinski definition) is 2. The highest BCUT2D eigenvalue weighted by atomic mass is 79.9. The molecule has 2 rings (SSSR count). The Morgan fingerprint density at radius 3 is 2.89 bits per heavy atom. The molecule has 0 aliphatic carbocycles. The first kappa shape index (κ1) is 13.3. The van der Waals surface area contributed by atoms with Crippen molar-refractivity contribution in [2.75, 3.05) is 6.54 Å². The summed E-state index contributed by atoms with van der Waals surface area (Å²) in [6.45, 7) is 3.12. The van der Waals surface area contributed by atoms with Gasteiger partial charge in [-0.25, -0.2) is 0 Å². The van der Waals surface area contributed by atoms with Gasteiger partial charge in [-0.15, -0.1) is 0 Å². The minimum absolute atomic E-state index is 0.353. The molecule has 1 N–H and O–H groups in total. The van der Waals surface area contributed by atoms with Gasteiger partial charge in [-0.1, -0.05) is 28.1 Å². The van der Waals surface area contributed by atoms with Gasteiger partial charge in [0.05, 0.1) is 5.69 Å². The zero-order valence-corrected chi connectivity index (χ0v) is 12.3. The standard InChI is InChI=1S/C14H18BrN3/c1-11(12-4-3-5-13(15)10-12)16-8-6-14-7-9-18(2)17-14/h3-5,7,9-11,16H,6,8H2,1-2H3. The largest absolute Gasteiger partial charge is 0.310 e. The molecule has 0 radical (unpaired) electrons. The predicted molar refractivity (Wildman–Crippen MR) is 77.5 cm³/mol. The monoisotopic (exact) mass is 307 g/mol. The molecule has 0 spiro atoms. The van der Waals surface area contributed by atoms with Gasteiger partial charge in [0, 0.05) is 36.7 Å². The molecule has 0 fully saturated rings. The summed E-state index contributed by atoms with van der Waals surface area (Å²) in [6, 6.07) is 10.8. The van der Waals surface area contributed by atoms with E-state index in [9.17, 15) is 0 Å². The van der Waals surface area contributed by atoms with Crippen LogP contribution in [0.15, 0.2) is 41.0 Å². The van der Waals surface area contributed by atoms with Crippen LogP contribution < -0.4 is 5.32 Å². The summed E-state index contributed by atoms with van der Waals surface area (Å²) >= 11 is 3.50. The topological polar surface area (TPSA) is 29.9 Å². The Labute approximate surface area is 116 Å². The molecular formula is C14H18BrN3. The van der Waals surface area contributed by atoms with Gasteiger partial charge in [0.2, 0.25) is 0 Å². The quantitative estimate of drug-likeness (QED) is 0.920. The van der Waals surface area contributed by atoms with Crippen molar-refractivity contribution in [2.45, 2.75) is 19.4 Å². The highest BCUT2D eigenvalue weighted by molar-refractivity contribution is 9.10. The number of rotatable bonds is 5. The molecule has 1 unspecified atom stereocenters. The second kappa shape index (κ2) is 6.16. The summed E-state index contributed by atoms with van der Waals surface area (Å²) in [7, 11) is 1.95. The Hall–Kier alpha value is -1.13. The Bertz CT molecular complexity index is 507. The van der Waals surface area contributed by atoms with E-state index < -0.39 is 0 Å². The molecular weight excluding hydrogens is 290 g/mol. The van der Waals surface area contributed by atoms with E-state index in [1.54, 1.807) is 0 Å². The highest BCUT2D eigenvalue weighted by Gasteiger charge is 2.05. The normalized spacial score (nSPS) is 12.6. The minimum Gasteiger partial charge on any atom is -0.310 e. The number of nitrogens with zero attached hydrogens (tertiary/aromatic N) is 2. The van der Waals surface area contributed by atoms with Crippen molar-refractivity contribution in [3.63, 3.8) is 0 Å². The molecule has 1 heterocycles. The van der Waals surface area contributed by atoms with Crippen LogP contribution in [0.4, 0.5) is 0 Å². The summed E-state index contributed by atoms with van der Waals surface area (Å²) in [5, 5.41) is 7.88. The SMILES string of the molecule is CC(NCCc1ccn(C)n1)c1cccc(Br)c1. The zero-order valence-electron chi connectivity index (χ0n) is 10.7. The smallest absolute Gasteiger partial charge is 0.0637 e.